The van der Waals surface area contributed by atoms with Crippen molar-refractivity contribution in [2.75, 3.05) is 0 Å². The van der Waals surface area contributed by atoms with Crippen LogP contribution in [-0.4, -0.2) is 11.9 Å². The molecule has 2 aromatic carbocycles. The van der Waals surface area contributed by atoms with Gasteiger partial charge in [-0.05, 0) is 22.3 Å². The number of carbonyl (C=O) groups excluding carboxylic acids is 2. The Morgan fingerprint density at radius 1 is 0.636 bits per heavy atom. The fourth-order valence-corrected chi connectivity index (χ4v) is 1.65. The van der Waals surface area contributed by atoms with Gasteiger partial charge >= 0.3 is 103 Å². The second-order valence-electron chi connectivity index (χ2n) is 4.15. The van der Waals surface area contributed by atoms with E-state index in [-0.39, 0.29) is 114 Å². The number of rotatable bonds is 4. The zero-order chi connectivity index (χ0) is 14.5. The Morgan fingerprint density at radius 3 is 1.14 bits per heavy atom. The first-order valence-electron chi connectivity index (χ1n) is 5.87. The minimum Gasteiger partial charge on any atom is -0.545 e. The summed E-state index contributed by atoms with van der Waals surface area (Å²) < 4.78 is 0. The fourth-order valence-electron chi connectivity index (χ4n) is 1.65. The average Bonchev–Trinajstić information content (AvgIpc) is 2.46. The van der Waals surface area contributed by atoms with E-state index >= 15 is 0 Å². The molecule has 2 aromatic rings. The summed E-state index contributed by atoms with van der Waals surface area (Å²) in [6.07, 6.45) is 3.60. The van der Waals surface area contributed by atoms with Gasteiger partial charge in [-0.15, -0.1) is 0 Å². The van der Waals surface area contributed by atoms with Crippen LogP contribution >= 0.6 is 0 Å². The molecular formula is C16H10K2O4. The second kappa shape index (κ2) is 11.0. The molecule has 0 bridgehead atoms. The van der Waals surface area contributed by atoms with E-state index in [1.54, 1.807) is 36.4 Å². The number of hydrogen-bond acceptors (Lipinski definition) is 4. The van der Waals surface area contributed by atoms with Gasteiger partial charge in [-0.3, -0.25) is 0 Å². The van der Waals surface area contributed by atoms with Crippen LogP contribution in [0.4, 0.5) is 0 Å². The molecule has 0 amide bonds. The van der Waals surface area contributed by atoms with Crippen molar-refractivity contribution in [3.63, 3.8) is 0 Å². The minimum atomic E-state index is -1.21. The standard InChI is InChI=1S/C16H12O4.2K/c17-15(18)13-7-3-11(4-8-13)1-2-12-5-9-14(10-6-12)16(19)20;;/h1-10H,(H,17,18)(H,19,20);;/q;2*+1/p-2/b2-1+;;. The van der Waals surface area contributed by atoms with E-state index in [9.17, 15) is 19.8 Å². The van der Waals surface area contributed by atoms with E-state index < -0.39 is 11.9 Å². The monoisotopic (exact) mass is 344 g/mol. The Bertz CT molecular complexity index is 602. The molecule has 0 aromatic heterocycles. The van der Waals surface area contributed by atoms with Gasteiger partial charge in [0.05, 0.1) is 11.9 Å². The van der Waals surface area contributed by atoms with E-state index in [2.05, 4.69) is 0 Å². The molecule has 4 nitrogen and oxygen atoms in total. The van der Waals surface area contributed by atoms with E-state index in [4.69, 9.17) is 0 Å². The molecule has 0 N–H and O–H groups in total. The van der Waals surface area contributed by atoms with E-state index in [1.807, 2.05) is 0 Å². The van der Waals surface area contributed by atoms with Crippen LogP contribution in [-0.2, 0) is 0 Å². The van der Waals surface area contributed by atoms with Crippen molar-refractivity contribution in [1.82, 2.24) is 0 Å². The summed E-state index contributed by atoms with van der Waals surface area (Å²) >= 11 is 0. The van der Waals surface area contributed by atoms with Gasteiger partial charge in [0.15, 0.2) is 0 Å². The average molecular weight is 344 g/mol. The molecule has 0 radical (unpaired) electrons. The predicted molar refractivity (Wildman–Crippen MR) is 70.5 cm³/mol. The quantitative estimate of drug-likeness (QED) is 0.410. The summed E-state index contributed by atoms with van der Waals surface area (Å²) in [6.45, 7) is 0. The summed E-state index contributed by atoms with van der Waals surface area (Å²) in [5, 5.41) is 21.2. The molecule has 0 aliphatic carbocycles. The summed E-state index contributed by atoms with van der Waals surface area (Å²) in [5.41, 5.74) is 1.92. The van der Waals surface area contributed by atoms with Crippen molar-refractivity contribution >= 4 is 24.1 Å². The van der Waals surface area contributed by atoms with Gasteiger partial charge in [0.25, 0.3) is 0 Å². The molecule has 2 rings (SSSR count). The molecule has 0 saturated heterocycles. The fraction of sp³-hybridized carbons (Fsp3) is 0. The maximum Gasteiger partial charge on any atom is 1.00 e. The van der Waals surface area contributed by atoms with Gasteiger partial charge in [-0.25, -0.2) is 0 Å². The van der Waals surface area contributed by atoms with Crippen molar-refractivity contribution in [3.8, 4) is 0 Å². The normalized spacial score (nSPS) is 9.64. The van der Waals surface area contributed by atoms with Crippen LogP contribution in [0.25, 0.3) is 12.2 Å². The number of hydrogen-bond donors (Lipinski definition) is 0. The SMILES string of the molecule is O=C([O-])c1ccc(/C=C/c2ccc(C(=O)[O-])cc2)cc1.[K+].[K+]. The van der Waals surface area contributed by atoms with E-state index in [0.29, 0.717) is 0 Å². The third-order valence-corrected chi connectivity index (χ3v) is 2.76. The summed E-state index contributed by atoms with van der Waals surface area (Å²) in [5.74, 6) is -2.42. The van der Waals surface area contributed by atoms with Crippen LogP contribution in [0, 0.1) is 0 Å². The first-order valence-corrected chi connectivity index (χ1v) is 5.87. The van der Waals surface area contributed by atoms with Gasteiger partial charge in [0, 0.05) is 0 Å². The number of carboxylic acids is 2. The first-order chi connectivity index (χ1) is 9.56. The topological polar surface area (TPSA) is 80.3 Å². The van der Waals surface area contributed by atoms with Gasteiger partial charge in [0.2, 0.25) is 0 Å². The van der Waals surface area contributed by atoms with Crippen LogP contribution in [0.3, 0.4) is 0 Å². The van der Waals surface area contributed by atoms with Gasteiger partial charge in [-0.2, -0.15) is 0 Å². The first kappa shape index (κ1) is 22.4. The van der Waals surface area contributed by atoms with Crippen molar-refractivity contribution in [2.24, 2.45) is 0 Å². The molecule has 0 heterocycles. The Kier molecular flexibility index (Phi) is 11.2. The van der Waals surface area contributed by atoms with Crippen LogP contribution in [0.1, 0.15) is 31.8 Å². The van der Waals surface area contributed by atoms with Crippen molar-refractivity contribution in [3.05, 3.63) is 70.8 Å². The van der Waals surface area contributed by atoms with Gasteiger partial charge in [-0.1, -0.05) is 60.7 Å². The van der Waals surface area contributed by atoms with Crippen LogP contribution in [0.5, 0.6) is 0 Å². The number of benzene rings is 2. The molecule has 22 heavy (non-hydrogen) atoms. The van der Waals surface area contributed by atoms with Crippen molar-refractivity contribution in [2.45, 2.75) is 0 Å². The third-order valence-electron chi connectivity index (χ3n) is 2.76. The molecule has 0 unspecified atom stereocenters. The van der Waals surface area contributed by atoms with Gasteiger partial charge < -0.3 is 19.8 Å². The largest absolute Gasteiger partial charge is 1.00 e. The molecule has 0 atom stereocenters. The Balaban J connectivity index is 0.00000220. The molecule has 6 heteroatoms. The van der Waals surface area contributed by atoms with E-state index in [0.717, 1.165) is 11.1 Å². The third kappa shape index (κ3) is 6.88. The van der Waals surface area contributed by atoms with Crippen molar-refractivity contribution in [1.29, 1.82) is 0 Å². The van der Waals surface area contributed by atoms with Gasteiger partial charge in [0.1, 0.15) is 0 Å². The maximum atomic E-state index is 10.6. The molecule has 0 saturated carbocycles. The number of carboxylic acid groups (broad SMARTS) is 2. The zero-order valence-corrected chi connectivity index (χ0v) is 18.7. The smallest absolute Gasteiger partial charge is 0.545 e. The van der Waals surface area contributed by atoms with Crippen LogP contribution in [0.2, 0.25) is 0 Å². The maximum absolute atomic E-state index is 10.6. The predicted octanol–water partition coefficient (Wildman–Crippen LogP) is -5.41. The van der Waals surface area contributed by atoms with Crippen molar-refractivity contribution < 1.29 is 123 Å². The molecular weight excluding hydrogens is 334 g/mol. The molecule has 100 valence electrons. The second-order valence-corrected chi connectivity index (χ2v) is 4.15. The zero-order valence-electron chi connectivity index (χ0n) is 12.4. The number of carbonyl (C=O) groups is 2. The van der Waals surface area contributed by atoms with E-state index in [1.165, 1.54) is 24.3 Å². The van der Waals surface area contributed by atoms with Crippen LogP contribution < -0.4 is 113 Å². The minimum absolute atomic E-state index is 0. The summed E-state index contributed by atoms with van der Waals surface area (Å²) in [4.78, 5) is 21.2. The van der Waals surface area contributed by atoms with Crippen LogP contribution in [0.15, 0.2) is 48.5 Å². The number of aromatic carboxylic acids is 2. The molecule has 0 fully saturated rings. The molecule has 0 aliphatic heterocycles. The molecule has 0 aliphatic rings. The molecule has 0 spiro atoms. The summed E-state index contributed by atoms with van der Waals surface area (Å²) in [7, 11) is 0. The Morgan fingerprint density at radius 2 is 0.909 bits per heavy atom. The summed E-state index contributed by atoms with van der Waals surface area (Å²) in [6, 6.07) is 12.5. The Hall–Kier alpha value is 0.393. The Labute approximate surface area is 213 Å².